The molecule has 0 bridgehead atoms. The van der Waals surface area contributed by atoms with Crippen molar-refractivity contribution in [1.29, 1.82) is 0 Å². The Hall–Kier alpha value is -1.97. The van der Waals surface area contributed by atoms with Crippen molar-refractivity contribution >= 4 is 11.5 Å². The minimum absolute atomic E-state index is 0.262. The van der Waals surface area contributed by atoms with Crippen LogP contribution in [-0.2, 0) is 6.42 Å². The summed E-state index contributed by atoms with van der Waals surface area (Å²) >= 11 is 0. The highest BCUT2D eigenvalue weighted by Crippen LogP contribution is 2.31. The summed E-state index contributed by atoms with van der Waals surface area (Å²) in [6, 6.07) is 5.80. The van der Waals surface area contributed by atoms with E-state index in [1.165, 1.54) is 0 Å². The third-order valence-corrected chi connectivity index (χ3v) is 2.21. The number of oxime groups is 1. The SMILES string of the molecule is C=CCc1cccc2c1OC/C(=N\O)N2. The van der Waals surface area contributed by atoms with Crippen LogP contribution in [0.3, 0.4) is 0 Å². The molecule has 1 aromatic carbocycles. The Morgan fingerprint density at radius 2 is 2.47 bits per heavy atom. The van der Waals surface area contributed by atoms with Crippen LogP contribution in [0, 0.1) is 0 Å². The number of allylic oxidation sites excluding steroid dienone is 1. The van der Waals surface area contributed by atoms with E-state index in [-0.39, 0.29) is 6.61 Å². The predicted molar refractivity (Wildman–Crippen MR) is 58.7 cm³/mol. The zero-order valence-corrected chi connectivity index (χ0v) is 8.23. The number of hydrogen-bond donors (Lipinski definition) is 2. The molecule has 1 heterocycles. The predicted octanol–water partition coefficient (Wildman–Crippen LogP) is 2.01. The fraction of sp³-hybridized carbons (Fsp3) is 0.182. The van der Waals surface area contributed by atoms with Gasteiger partial charge in [-0.2, -0.15) is 0 Å². The summed E-state index contributed by atoms with van der Waals surface area (Å²) in [6.45, 7) is 3.96. The number of ether oxygens (including phenoxy) is 1. The van der Waals surface area contributed by atoms with E-state index >= 15 is 0 Å². The van der Waals surface area contributed by atoms with Crippen molar-refractivity contribution in [1.82, 2.24) is 0 Å². The lowest BCUT2D eigenvalue weighted by Crippen LogP contribution is -2.26. The Bertz CT molecular complexity index is 413. The first-order valence-electron chi connectivity index (χ1n) is 4.68. The Labute approximate surface area is 87.9 Å². The highest BCUT2D eigenvalue weighted by molar-refractivity contribution is 5.99. The van der Waals surface area contributed by atoms with Gasteiger partial charge in [0.1, 0.15) is 12.4 Å². The largest absolute Gasteiger partial charge is 0.483 e. The van der Waals surface area contributed by atoms with Gasteiger partial charge in [-0.3, -0.25) is 0 Å². The first-order chi connectivity index (χ1) is 7.35. The van der Waals surface area contributed by atoms with Gasteiger partial charge in [-0.1, -0.05) is 23.4 Å². The quantitative estimate of drug-likeness (QED) is 0.440. The van der Waals surface area contributed by atoms with E-state index < -0.39 is 0 Å². The van der Waals surface area contributed by atoms with Gasteiger partial charge in [-0.25, -0.2) is 0 Å². The summed E-state index contributed by atoms with van der Waals surface area (Å²) in [6.07, 6.45) is 2.59. The molecule has 0 spiro atoms. The summed E-state index contributed by atoms with van der Waals surface area (Å²) in [5, 5.41) is 14.7. The molecule has 4 nitrogen and oxygen atoms in total. The maximum absolute atomic E-state index is 8.62. The van der Waals surface area contributed by atoms with Crippen LogP contribution in [0.4, 0.5) is 5.69 Å². The first kappa shape index (κ1) is 9.58. The average molecular weight is 204 g/mol. The molecule has 1 aliphatic rings. The molecule has 2 rings (SSSR count). The van der Waals surface area contributed by atoms with Crippen LogP contribution in [0.1, 0.15) is 5.56 Å². The molecule has 0 aliphatic carbocycles. The number of para-hydroxylation sites is 1. The van der Waals surface area contributed by atoms with Gasteiger partial charge in [-0.05, 0) is 12.5 Å². The molecule has 0 amide bonds. The van der Waals surface area contributed by atoms with E-state index in [4.69, 9.17) is 9.94 Å². The van der Waals surface area contributed by atoms with Gasteiger partial charge in [0, 0.05) is 5.56 Å². The lowest BCUT2D eigenvalue weighted by atomic mass is 10.1. The summed E-state index contributed by atoms with van der Waals surface area (Å²) in [7, 11) is 0. The topological polar surface area (TPSA) is 53.9 Å². The number of nitrogens with zero attached hydrogens (tertiary/aromatic N) is 1. The van der Waals surface area contributed by atoms with E-state index in [1.807, 2.05) is 24.3 Å². The average Bonchev–Trinajstić information content (AvgIpc) is 2.29. The summed E-state index contributed by atoms with van der Waals surface area (Å²) in [5.74, 6) is 1.23. The second-order valence-corrected chi connectivity index (χ2v) is 3.25. The molecular weight excluding hydrogens is 192 g/mol. The molecule has 0 aromatic heterocycles. The van der Waals surface area contributed by atoms with E-state index in [0.717, 1.165) is 23.4 Å². The van der Waals surface area contributed by atoms with Crippen LogP contribution in [0.5, 0.6) is 5.75 Å². The maximum atomic E-state index is 8.62. The third kappa shape index (κ3) is 1.79. The fourth-order valence-electron chi connectivity index (χ4n) is 1.56. The maximum Gasteiger partial charge on any atom is 0.184 e. The van der Waals surface area contributed by atoms with Gasteiger partial charge in [-0.15, -0.1) is 6.58 Å². The van der Waals surface area contributed by atoms with Gasteiger partial charge >= 0.3 is 0 Å². The van der Waals surface area contributed by atoms with Crippen molar-refractivity contribution in [3.63, 3.8) is 0 Å². The first-order valence-corrected chi connectivity index (χ1v) is 4.68. The van der Waals surface area contributed by atoms with Crippen molar-refractivity contribution in [2.75, 3.05) is 11.9 Å². The lowest BCUT2D eigenvalue weighted by molar-refractivity contribution is 0.305. The number of fused-ring (bicyclic) bond motifs is 1. The molecule has 0 saturated carbocycles. The van der Waals surface area contributed by atoms with Crippen molar-refractivity contribution < 1.29 is 9.94 Å². The number of benzene rings is 1. The van der Waals surface area contributed by atoms with Gasteiger partial charge in [0.25, 0.3) is 0 Å². The molecular formula is C11H12N2O2. The number of hydrogen-bond acceptors (Lipinski definition) is 3. The standard InChI is InChI=1S/C11H12N2O2/c1-2-4-8-5-3-6-9-11(8)15-7-10(12-9)13-14/h2-3,5-6,14H,1,4,7H2,(H,12,13). The molecule has 0 unspecified atom stereocenters. The number of rotatable bonds is 2. The number of anilines is 1. The summed E-state index contributed by atoms with van der Waals surface area (Å²) in [5.41, 5.74) is 1.90. The van der Waals surface area contributed by atoms with Crippen LogP contribution in [0.15, 0.2) is 36.0 Å². The zero-order chi connectivity index (χ0) is 10.7. The molecule has 1 aromatic rings. The Balaban J connectivity index is 2.37. The lowest BCUT2D eigenvalue weighted by Gasteiger charge is -2.21. The fourth-order valence-corrected chi connectivity index (χ4v) is 1.56. The van der Waals surface area contributed by atoms with Crippen molar-refractivity contribution in [2.24, 2.45) is 5.16 Å². The van der Waals surface area contributed by atoms with Crippen LogP contribution < -0.4 is 10.1 Å². The summed E-state index contributed by atoms with van der Waals surface area (Å²) < 4.78 is 5.51. The monoisotopic (exact) mass is 204 g/mol. The Kier molecular flexibility index (Phi) is 2.58. The molecule has 1 aliphatic heterocycles. The third-order valence-electron chi connectivity index (χ3n) is 2.21. The second kappa shape index (κ2) is 4.04. The van der Waals surface area contributed by atoms with Crippen LogP contribution in [0.2, 0.25) is 0 Å². The minimum atomic E-state index is 0.262. The minimum Gasteiger partial charge on any atom is -0.483 e. The molecule has 78 valence electrons. The van der Waals surface area contributed by atoms with Crippen molar-refractivity contribution in [2.45, 2.75) is 6.42 Å². The van der Waals surface area contributed by atoms with E-state index in [2.05, 4.69) is 17.1 Å². The molecule has 15 heavy (non-hydrogen) atoms. The van der Waals surface area contributed by atoms with Gasteiger partial charge in [0.05, 0.1) is 5.69 Å². The Morgan fingerprint density at radius 1 is 1.60 bits per heavy atom. The molecule has 0 atom stereocenters. The molecule has 0 fully saturated rings. The van der Waals surface area contributed by atoms with Gasteiger partial charge < -0.3 is 15.3 Å². The molecule has 0 radical (unpaired) electrons. The van der Waals surface area contributed by atoms with Gasteiger partial charge in [0.15, 0.2) is 5.84 Å². The molecule has 4 heteroatoms. The van der Waals surface area contributed by atoms with Crippen molar-refractivity contribution in [3.8, 4) is 5.75 Å². The van der Waals surface area contributed by atoms with Crippen LogP contribution >= 0.6 is 0 Å². The second-order valence-electron chi connectivity index (χ2n) is 3.25. The van der Waals surface area contributed by atoms with Gasteiger partial charge in [0.2, 0.25) is 0 Å². The normalized spacial score (nSPS) is 16.4. The number of nitrogens with one attached hydrogen (secondary N) is 1. The number of amidine groups is 1. The smallest absolute Gasteiger partial charge is 0.184 e. The van der Waals surface area contributed by atoms with E-state index in [1.54, 1.807) is 0 Å². The molecule has 0 saturated heterocycles. The highest BCUT2D eigenvalue weighted by atomic mass is 16.5. The van der Waals surface area contributed by atoms with E-state index in [9.17, 15) is 0 Å². The van der Waals surface area contributed by atoms with Crippen LogP contribution in [-0.4, -0.2) is 17.6 Å². The van der Waals surface area contributed by atoms with Crippen molar-refractivity contribution in [3.05, 3.63) is 36.4 Å². The van der Waals surface area contributed by atoms with E-state index in [0.29, 0.717) is 5.84 Å². The molecule has 2 N–H and O–H groups in total. The Morgan fingerprint density at radius 3 is 3.20 bits per heavy atom. The van der Waals surface area contributed by atoms with Crippen LogP contribution in [0.25, 0.3) is 0 Å². The highest BCUT2D eigenvalue weighted by Gasteiger charge is 2.17. The zero-order valence-electron chi connectivity index (χ0n) is 8.23. The summed E-state index contributed by atoms with van der Waals surface area (Å²) in [4.78, 5) is 0.